The summed E-state index contributed by atoms with van der Waals surface area (Å²) in [7, 11) is 0. The lowest BCUT2D eigenvalue weighted by Crippen LogP contribution is -2.17. The Balaban J connectivity index is 1.30. The molecule has 0 N–H and O–H groups in total. The van der Waals surface area contributed by atoms with Crippen molar-refractivity contribution in [1.82, 2.24) is 0 Å². The molecule has 0 spiro atoms. The van der Waals surface area contributed by atoms with Crippen molar-refractivity contribution in [2.24, 2.45) is 0 Å². The molecule has 0 radical (unpaired) electrons. The maximum atomic E-state index is 2.47. The van der Waals surface area contributed by atoms with Crippen LogP contribution in [0.1, 0.15) is 25.0 Å². The highest BCUT2D eigenvalue weighted by Gasteiger charge is 2.36. The minimum atomic E-state index is -0.112. The van der Waals surface area contributed by atoms with Crippen LogP contribution in [0.15, 0.2) is 188 Å². The van der Waals surface area contributed by atoms with Gasteiger partial charge in [-0.15, -0.1) is 0 Å². The lowest BCUT2D eigenvalue weighted by molar-refractivity contribution is 0.660. The smallest absolute Gasteiger partial charge is 0.0546 e. The van der Waals surface area contributed by atoms with E-state index in [-0.39, 0.29) is 5.41 Å². The van der Waals surface area contributed by atoms with Gasteiger partial charge in [0.25, 0.3) is 0 Å². The Kier molecular flexibility index (Phi) is 7.21. The first-order valence-corrected chi connectivity index (χ1v) is 17.4. The van der Waals surface area contributed by atoms with Crippen LogP contribution in [0, 0.1) is 0 Å². The summed E-state index contributed by atoms with van der Waals surface area (Å²) >= 11 is 0. The van der Waals surface area contributed by atoms with Crippen LogP contribution in [0.3, 0.4) is 0 Å². The van der Waals surface area contributed by atoms with Gasteiger partial charge in [0.15, 0.2) is 0 Å². The molecule has 0 saturated heterocycles. The molecule has 1 aliphatic carbocycles. The Bertz CT molecular complexity index is 2490. The SMILES string of the molecule is CC1(C)c2ccccc2-c2ccc(N(c3ccc4ccccc4c3)c3cccc(-c4ccccc4)c3-c3ccc(-c4ccccc4)cc3)cc21. The highest BCUT2D eigenvalue weighted by molar-refractivity contribution is 5.99. The molecule has 0 amide bonds. The third-order valence-corrected chi connectivity index (χ3v) is 10.5. The van der Waals surface area contributed by atoms with Crippen LogP contribution in [0.2, 0.25) is 0 Å². The highest BCUT2D eigenvalue weighted by atomic mass is 15.1. The molecule has 0 heterocycles. The van der Waals surface area contributed by atoms with E-state index in [1.54, 1.807) is 0 Å². The summed E-state index contributed by atoms with van der Waals surface area (Å²) in [6.07, 6.45) is 0. The molecule has 9 rings (SSSR count). The van der Waals surface area contributed by atoms with Gasteiger partial charge >= 0.3 is 0 Å². The lowest BCUT2D eigenvalue weighted by Gasteiger charge is -2.31. The molecular formula is C49H37N. The van der Waals surface area contributed by atoms with E-state index in [9.17, 15) is 0 Å². The van der Waals surface area contributed by atoms with Crippen LogP contribution in [0.25, 0.3) is 55.3 Å². The standard InChI is InChI=1S/C49H37N/c1-49(2)45-22-12-11-20-43(45)44-31-30-41(33-46(44)49)50(40-29-28-35-16-9-10-19-39(35)32-40)47-23-13-21-42(37-17-7-4-8-18-37)48(47)38-26-24-36(25-27-38)34-14-5-3-6-15-34/h3-33H,1-2H3. The summed E-state index contributed by atoms with van der Waals surface area (Å²) in [6, 6.07) is 68.7. The normalized spacial score (nSPS) is 12.8. The average molecular weight is 640 g/mol. The van der Waals surface area contributed by atoms with Crippen molar-refractivity contribution < 1.29 is 0 Å². The summed E-state index contributed by atoms with van der Waals surface area (Å²) in [5.41, 5.74) is 15.9. The van der Waals surface area contributed by atoms with E-state index in [0.717, 1.165) is 17.1 Å². The molecule has 0 aliphatic heterocycles. The van der Waals surface area contributed by atoms with Crippen LogP contribution in [0.4, 0.5) is 17.1 Å². The molecule has 1 heteroatoms. The maximum absolute atomic E-state index is 2.47. The quantitative estimate of drug-likeness (QED) is 0.175. The van der Waals surface area contributed by atoms with Crippen molar-refractivity contribution in [2.45, 2.75) is 19.3 Å². The van der Waals surface area contributed by atoms with E-state index in [2.05, 4.69) is 207 Å². The maximum Gasteiger partial charge on any atom is 0.0546 e. The number of anilines is 3. The Morgan fingerprint density at radius 2 is 0.920 bits per heavy atom. The first kappa shape index (κ1) is 29.9. The van der Waals surface area contributed by atoms with Crippen molar-refractivity contribution in [3.8, 4) is 44.5 Å². The molecule has 1 aliphatic rings. The zero-order chi connectivity index (χ0) is 33.7. The summed E-state index contributed by atoms with van der Waals surface area (Å²) < 4.78 is 0. The number of nitrogens with zero attached hydrogens (tertiary/aromatic N) is 1. The minimum Gasteiger partial charge on any atom is -0.310 e. The minimum absolute atomic E-state index is 0.112. The zero-order valence-corrected chi connectivity index (χ0v) is 28.3. The Hall–Kier alpha value is -6.18. The number of rotatable bonds is 6. The Labute approximate surface area is 294 Å². The third kappa shape index (κ3) is 5.02. The molecule has 238 valence electrons. The van der Waals surface area contributed by atoms with Crippen LogP contribution in [-0.4, -0.2) is 0 Å². The van der Waals surface area contributed by atoms with Crippen molar-refractivity contribution in [3.63, 3.8) is 0 Å². The summed E-state index contributed by atoms with van der Waals surface area (Å²) in [4.78, 5) is 2.47. The first-order valence-electron chi connectivity index (χ1n) is 17.4. The summed E-state index contributed by atoms with van der Waals surface area (Å²) in [6.45, 7) is 4.72. The number of benzene rings is 8. The van der Waals surface area contributed by atoms with Gasteiger partial charge in [0.05, 0.1) is 5.69 Å². The number of hydrogen-bond acceptors (Lipinski definition) is 1. The fourth-order valence-corrected chi connectivity index (χ4v) is 7.92. The second-order valence-electron chi connectivity index (χ2n) is 13.8. The van der Waals surface area contributed by atoms with E-state index in [1.165, 1.54) is 66.4 Å². The molecule has 0 unspecified atom stereocenters. The summed E-state index contributed by atoms with van der Waals surface area (Å²) in [5, 5.41) is 2.45. The average Bonchev–Trinajstić information content (AvgIpc) is 3.41. The van der Waals surface area contributed by atoms with Crippen LogP contribution in [0.5, 0.6) is 0 Å². The molecule has 0 bridgehead atoms. The predicted octanol–water partition coefficient (Wildman–Crippen LogP) is 13.6. The number of hydrogen-bond donors (Lipinski definition) is 0. The van der Waals surface area contributed by atoms with Gasteiger partial charge in [0.2, 0.25) is 0 Å². The van der Waals surface area contributed by atoms with E-state index >= 15 is 0 Å². The van der Waals surface area contributed by atoms with Gasteiger partial charge in [-0.25, -0.2) is 0 Å². The van der Waals surface area contributed by atoms with Crippen molar-refractivity contribution in [1.29, 1.82) is 0 Å². The Morgan fingerprint density at radius 3 is 1.70 bits per heavy atom. The zero-order valence-electron chi connectivity index (χ0n) is 28.3. The number of fused-ring (bicyclic) bond motifs is 4. The summed E-state index contributed by atoms with van der Waals surface area (Å²) in [5.74, 6) is 0. The molecular weight excluding hydrogens is 603 g/mol. The van der Waals surface area contributed by atoms with Crippen molar-refractivity contribution in [3.05, 3.63) is 199 Å². The molecule has 8 aromatic carbocycles. The van der Waals surface area contributed by atoms with Gasteiger partial charge in [-0.3, -0.25) is 0 Å². The highest BCUT2D eigenvalue weighted by Crippen LogP contribution is 2.52. The van der Waals surface area contributed by atoms with Gasteiger partial charge in [-0.2, -0.15) is 0 Å². The van der Waals surface area contributed by atoms with Crippen molar-refractivity contribution in [2.75, 3.05) is 4.90 Å². The van der Waals surface area contributed by atoms with Crippen LogP contribution < -0.4 is 4.90 Å². The fourth-order valence-electron chi connectivity index (χ4n) is 7.92. The lowest BCUT2D eigenvalue weighted by atomic mass is 9.82. The molecule has 50 heavy (non-hydrogen) atoms. The second-order valence-corrected chi connectivity index (χ2v) is 13.8. The molecule has 1 nitrogen and oxygen atoms in total. The monoisotopic (exact) mass is 639 g/mol. The molecule has 0 fully saturated rings. The Morgan fingerprint density at radius 1 is 0.360 bits per heavy atom. The molecule has 0 atom stereocenters. The molecule has 0 aromatic heterocycles. The van der Waals surface area contributed by atoms with Crippen LogP contribution in [-0.2, 0) is 5.41 Å². The largest absolute Gasteiger partial charge is 0.310 e. The van der Waals surface area contributed by atoms with Gasteiger partial charge in [0, 0.05) is 22.4 Å². The fraction of sp³-hybridized carbons (Fsp3) is 0.0612. The van der Waals surface area contributed by atoms with E-state index in [0.29, 0.717) is 0 Å². The van der Waals surface area contributed by atoms with Gasteiger partial charge in [0.1, 0.15) is 0 Å². The van der Waals surface area contributed by atoms with Crippen molar-refractivity contribution >= 4 is 27.8 Å². The molecule has 8 aromatic rings. The van der Waals surface area contributed by atoms with Gasteiger partial charge in [-0.05, 0) is 91.2 Å². The van der Waals surface area contributed by atoms with Gasteiger partial charge < -0.3 is 4.90 Å². The molecule has 0 saturated carbocycles. The second kappa shape index (κ2) is 12.1. The predicted molar refractivity (Wildman–Crippen MR) is 213 cm³/mol. The van der Waals surface area contributed by atoms with E-state index < -0.39 is 0 Å². The van der Waals surface area contributed by atoms with E-state index in [4.69, 9.17) is 0 Å². The van der Waals surface area contributed by atoms with E-state index in [1.807, 2.05) is 0 Å². The third-order valence-electron chi connectivity index (χ3n) is 10.5. The first-order chi connectivity index (χ1) is 24.6. The topological polar surface area (TPSA) is 3.24 Å². The van der Waals surface area contributed by atoms with Crippen LogP contribution >= 0.6 is 0 Å². The van der Waals surface area contributed by atoms with Gasteiger partial charge in [-0.1, -0.05) is 172 Å².